The predicted octanol–water partition coefficient (Wildman–Crippen LogP) is 5.04. The number of amides is 2. The first-order valence-corrected chi connectivity index (χ1v) is 13.0. The molecule has 2 rings (SSSR count). The molecule has 1 saturated heterocycles. The number of hydrogen-bond acceptors (Lipinski definition) is 5. The Hall–Kier alpha value is -2.04. The molecule has 1 aromatic rings. The summed E-state index contributed by atoms with van der Waals surface area (Å²) >= 11 is 0. The minimum Gasteiger partial charge on any atom is -0.406 e. The van der Waals surface area contributed by atoms with Gasteiger partial charge in [-0.25, -0.2) is 4.79 Å². The van der Waals surface area contributed by atoms with E-state index in [0.717, 1.165) is 6.42 Å². The second-order valence-electron chi connectivity index (χ2n) is 11.2. The molecule has 1 aliphatic heterocycles. The Labute approximate surface area is 219 Å². The summed E-state index contributed by atoms with van der Waals surface area (Å²) in [7, 11) is 3.45. The standard InChI is InChI=1S/C27H44F3N3O4/c1-25(2,3)17-22(18-31-4)32-24(34)33-14-9-11-21(19-33)26(35,13-6-7-15-36-5)20-10-8-12-23(16-20)37-27(28,29)30/h8,10,12,16,21-22,31,35H,6-7,9,11,13-15,17-19H2,1-5H3,(H,32,34)/t21-,22+,26-/m1/s1. The van der Waals surface area contributed by atoms with Crippen LogP contribution in [0.3, 0.4) is 0 Å². The number of aliphatic hydroxyl groups is 1. The van der Waals surface area contributed by atoms with Crippen molar-refractivity contribution in [3.63, 3.8) is 0 Å². The van der Waals surface area contributed by atoms with Crippen molar-refractivity contribution >= 4 is 6.03 Å². The molecule has 0 bridgehead atoms. The number of likely N-dealkylation sites (N-methyl/N-ethyl adjacent to an activating group) is 1. The summed E-state index contributed by atoms with van der Waals surface area (Å²) in [5.41, 5.74) is -1.03. The van der Waals surface area contributed by atoms with Gasteiger partial charge < -0.3 is 30.1 Å². The maximum Gasteiger partial charge on any atom is 0.573 e. The van der Waals surface area contributed by atoms with Crippen LogP contribution in [0.2, 0.25) is 0 Å². The van der Waals surface area contributed by atoms with Gasteiger partial charge in [-0.3, -0.25) is 0 Å². The molecule has 1 aliphatic rings. The first-order valence-electron chi connectivity index (χ1n) is 13.0. The summed E-state index contributed by atoms with van der Waals surface area (Å²) in [4.78, 5) is 15.0. The second kappa shape index (κ2) is 13.7. The number of alkyl halides is 3. The minimum atomic E-state index is -4.83. The van der Waals surface area contributed by atoms with Crippen LogP contribution in [0, 0.1) is 11.3 Å². The molecule has 37 heavy (non-hydrogen) atoms. The van der Waals surface area contributed by atoms with E-state index in [1.165, 1.54) is 18.2 Å². The SMILES string of the molecule is CNC[C@H](CC(C)(C)C)NC(=O)N1CCC[C@@H]([C@@](O)(CCCCOC)c2cccc(OC(F)(F)F)c2)C1. The molecule has 0 aromatic heterocycles. The zero-order chi connectivity index (χ0) is 27.7. The highest BCUT2D eigenvalue weighted by atomic mass is 19.4. The number of urea groups is 1. The minimum absolute atomic E-state index is 0.0329. The van der Waals surface area contributed by atoms with Crippen LogP contribution >= 0.6 is 0 Å². The number of rotatable bonds is 12. The smallest absolute Gasteiger partial charge is 0.406 e. The van der Waals surface area contributed by atoms with E-state index in [4.69, 9.17) is 4.74 Å². The molecule has 10 heteroatoms. The van der Waals surface area contributed by atoms with E-state index in [0.29, 0.717) is 63.9 Å². The summed E-state index contributed by atoms with van der Waals surface area (Å²) in [6, 6.07) is 5.32. The van der Waals surface area contributed by atoms with E-state index < -0.39 is 12.0 Å². The van der Waals surface area contributed by atoms with Crippen LogP contribution in [-0.4, -0.2) is 68.8 Å². The number of likely N-dealkylation sites (tertiary alicyclic amines) is 1. The van der Waals surface area contributed by atoms with Crippen LogP contribution in [0.25, 0.3) is 0 Å². The lowest BCUT2D eigenvalue weighted by atomic mass is 9.74. The predicted molar refractivity (Wildman–Crippen MR) is 137 cm³/mol. The third-order valence-electron chi connectivity index (χ3n) is 6.74. The zero-order valence-corrected chi connectivity index (χ0v) is 22.8. The van der Waals surface area contributed by atoms with Crippen LogP contribution in [0.1, 0.15) is 64.9 Å². The molecule has 1 fully saturated rings. The number of hydrogen-bond donors (Lipinski definition) is 3. The van der Waals surface area contributed by atoms with Crippen LogP contribution < -0.4 is 15.4 Å². The van der Waals surface area contributed by atoms with Gasteiger partial charge in [0.1, 0.15) is 5.75 Å². The van der Waals surface area contributed by atoms with Crippen LogP contribution in [-0.2, 0) is 10.3 Å². The highest BCUT2D eigenvalue weighted by Gasteiger charge is 2.42. The highest BCUT2D eigenvalue weighted by molar-refractivity contribution is 5.74. The number of nitrogens with one attached hydrogen (secondary N) is 2. The molecular weight excluding hydrogens is 487 g/mol. The number of nitrogens with zero attached hydrogens (tertiary/aromatic N) is 1. The zero-order valence-electron chi connectivity index (χ0n) is 22.8. The first-order chi connectivity index (χ1) is 17.3. The highest BCUT2D eigenvalue weighted by Crippen LogP contribution is 2.41. The Morgan fingerprint density at radius 1 is 1.24 bits per heavy atom. The summed E-state index contributed by atoms with van der Waals surface area (Å²) in [6.07, 6.45) is -1.04. The Morgan fingerprint density at radius 2 is 1.97 bits per heavy atom. The lowest BCUT2D eigenvalue weighted by molar-refractivity contribution is -0.274. The van der Waals surface area contributed by atoms with Gasteiger partial charge in [-0.1, -0.05) is 32.9 Å². The largest absolute Gasteiger partial charge is 0.573 e. The number of piperidine rings is 1. The molecule has 3 N–H and O–H groups in total. The molecule has 1 aromatic carbocycles. The average Bonchev–Trinajstić information content (AvgIpc) is 2.80. The fraction of sp³-hybridized carbons (Fsp3) is 0.741. The fourth-order valence-electron chi connectivity index (χ4n) is 5.16. The molecule has 0 aliphatic carbocycles. The van der Waals surface area contributed by atoms with Crippen LogP contribution in [0.4, 0.5) is 18.0 Å². The van der Waals surface area contributed by atoms with Gasteiger partial charge in [0.2, 0.25) is 0 Å². The molecule has 0 saturated carbocycles. The van der Waals surface area contributed by atoms with E-state index in [9.17, 15) is 23.1 Å². The molecule has 0 unspecified atom stereocenters. The van der Waals surface area contributed by atoms with Gasteiger partial charge in [0.15, 0.2) is 0 Å². The van der Waals surface area contributed by atoms with Crippen molar-refractivity contribution in [2.75, 3.05) is 40.4 Å². The molecular formula is C27H44F3N3O4. The topological polar surface area (TPSA) is 83.1 Å². The number of ether oxygens (including phenoxy) is 2. The van der Waals surface area contributed by atoms with Crippen molar-refractivity contribution in [3.8, 4) is 5.75 Å². The van der Waals surface area contributed by atoms with E-state index >= 15 is 0 Å². The van der Waals surface area contributed by atoms with E-state index in [1.807, 2.05) is 7.05 Å². The number of carbonyl (C=O) groups excluding carboxylic acids is 1. The Balaban J connectivity index is 2.25. The third kappa shape index (κ3) is 10.3. The first kappa shape index (κ1) is 31.2. The monoisotopic (exact) mass is 531 g/mol. The van der Waals surface area contributed by atoms with Crippen molar-refractivity contribution < 1.29 is 32.5 Å². The second-order valence-corrected chi connectivity index (χ2v) is 11.2. The number of methoxy groups -OCH3 is 1. The molecule has 2 amide bonds. The van der Waals surface area contributed by atoms with Crippen molar-refractivity contribution in [1.82, 2.24) is 15.5 Å². The third-order valence-corrected chi connectivity index (χ3v) is 6.74. The number of unbranched alkanes of at least 4 members (excludes halogenated alkanes) is 1. The fourth-order valence-corrected chi connectivity index (χ4v) is 5.16. The Kier molecular flexibility index (Phi) is 11.5. The van der Waals surface area contributed by atoms with Gasteiger partial charge in [-0.15, -0.1) is 13.2 Å². The number of halogens is 3. The molecule has 3 atom stereocenters. The van der Waals surface area contributed by atoms with Crippen molar-refractivity contribution in [2.24, 2.45) is 11.3 Å². The quantitative estimate of drug-likeness (QED) is 0.330. The summed E-state index contributed by atoms with van der Waals surface area (Å²) in [6.45, 7) is 8.39. The average molecular weight is 532 g/mol. The van der Waals surface area contributed by atoms with Crippen molar-refractivity contribution in [2.45, 2.75) is 77.3 Å². The molecule has 7 nitrogen and oxygen atoms in total. The maximum atomic E-state index is 13.2. The van der Waals surface area contributed by atoms with Gasteiger partial charge in [0.05, 0.1) is 5.60 Å². The van der Waals surface area contributed by atoms with Crippen LogP contribution in [0.15, 0.2) is 24.3 Å². The van der Waals surface area contributed by atoms with Crippen molar-refractivity contribution in [3.05, 3.63) is 29.8 Å². The molecule has 0 radical (unpaired) electrons. The van der Waals surface area contributed by atoms with E-state index in [2.05, 4.69) is 36.1 Å². The normalized spacial score (nSPS) is 19.3. The molecule has 0 spiro atoms. The summed E-state index contributed by atoms with van der Waals surface area (Å²) < 4.78 is 47.8. The summed E-state index contributed by atoms with van der Waals surface area (Å²) in [5.74, 6) is -0.719. The number of benzene rings is 1. The van der Waals surface area contributed by atoms with Gasteiger partial charge in [0.25, 0.3) is 0 Å². The van der Waals surface area contributed by atoms with Crippen LogP contribution in [0.5, 0.6) is 5.75 Å². The Morgan fingerprint density at radius 3 is 2.59 bits per heavy atom. The van der Waals surface area contributed by atoms with Gasteiger partial charge >= 0.3 is 12.4 Å². The lowest BCUT2D eigenvalue weighted by Gasteiger charge is -2.43. The molecule has 1 heterocycles. The van der Waals surface area contributed by atoms with Gasteiger partial charge in [-0.2, -0.15) is 0 Å². The molecule has 212 valence electrons. The van der Waals surface area contributed by atoms with E-state index in [1.54, 1.807) is 18.1 Å². The Bertz CT molecular complexity index is 847. The maximum absolute atomic E-state index is 13.2. The summed E-state index contributed by atoms with van der Waals surface area (Å²) in [5, 5.41) is 18.3. The van der Waals surface area contributed by atoms with Crippen molar-refractivity contribution in [1.29, 1.82) is 0 Å². The van der Waals surface area contributed by atoms with Gasteiger partial charge in [0, 0.05) is 45.3 Å². The van der Waals surface area contributed by atoms with Gasteiger partial charge in [-0.05, 0) is 68.7 Å². The number of carbonyl (C=O) groups is 1. The van der Waals surface area contributed by atoms with E-state index in [-0.39, 0.29) is 29.2 Å². The lowest BCUT2D eigenvalue weighted by Crippen LogP contribution is -2.54.